The lowest BCUT2D eigenvalue weighted by molar-refractivity contribution is 0.495. The molecule has 100 valence electrons. The van der Waals surface area contributed by atoms with Crippen LogP contribution >= 0.6 is 0 Å². The molecule has 20 heavy (non-hydrogen) atoms. The van der Waals surface area contributed by atoms with Crippen LogP contribution in [0.25, 0.3) is 11.5 Å². The van der Waals surface area contributed by atoms with Crippen LogP contribution < -0.4 is 5.76 Å². The monoisotopic (exact) mass is 270 g/mol. The van der Waals surface area contributed by atoms with Crippen molar-refractivity contribution in [1.82, 2.24) is 9.78 Å². The molecule has 0 unspecified atom stereocenters. The number of aromatic nitrogens is 2. The van der Waals surface area contributed by atoms with E-state index in [-0.39, 0.29) is 11.7 Å². The number of nitrogens with zero attached hydrogens (tertiary/aromatic N) is 2. The summed E-state index contributed by atoms with van der Waals surface area (Å²) in [5.41, 5.74) is 1.52. The zero-order valence-electron chi connectivity index (χ0n) is 10.5. The van der Waals surface area contributed by atoms with E-state index in [0.717, 1.165) is 5.56 Å². The van der Waals surface area contributed by atoms with Gasteiger partial charge >= 0.3 is 5.76 Å². The molecular formula is C15H11FN2O2. The molecular weight excluding hydrogens is 259 g/mol. The number of rotatable bonds is 3. The van der Waals surface area contributed by atoms with Crippen molar-refractivity contribution in [3.8, 4) is 11.5 Å². The average Bonchev–Trinajstić information content (AvgIpc) is 2.82. The summed E-state index contributed by atoms with van der Waals surface area (Å²) in [6.45, 7) is 0.338. The minimum atomic E-state index is -0.534. The molecule has 1 heterocycles. The van der Waals surface area contributed by atoms with Gasteiger partial charge in [0.2, 0.25) is 5.89 Å². The van der Waals surface area contributed by atoms with Crippen molar-refractivity contribution in [2.75, 3.05) is 0 Å². The molecule has 0 aliphatic heterocycles. The molecule has 2 aromatic carbocycles. The van der Waals surface area contributed by atoms with Gasteiger partial charge in [0, 0.05) is 5.56 Å². The Kier molecular flexibility index (Phi) is 3.16. The molecule has 0 spiro atoms. The quantitative estimate of drug-likeness (QED) is 0.735. The Bertz CT molecular complexity index is 761. The van der Waals surface area contributed by atoms with E-state index in [0.29, 0.717) is 12.1 Å². The lowest BCUT2D eigenvalue weighted by Crippen LogP contribution is -2.16. The Morgan fingerprint density at radius 1 is 1.05 bits per heavy atom. The average molecular weight is 270 g/mol. The molecule has 0 radical (unpaired) electrons. The van der Waals surface area contributed by atoms with Crippen molar-refractivity contribution in [2.45, 2.75) is 6.54 Å². The van der Waals surface area contributed by atoms with Crippen molar-refractivity contribution in [2.24, 2.45) is 0 Å². The summed E-state index contributed by atoms with van der Waals surface area (Å²) < 4.78 is 19.2. The van der Waals surface area contributed by atoms with Crippen molar-refractivity contribution in [3.05, 3.63) is 76.5 Å². The second kappa shape index (κ2) is 5.13. The van der Waals surface area contributed by atoms with Gasteiger partial charge in [0.05, 0.1) is 6.54 Å². The van der Waals surface area contributed by atoms with Gasteiger partial charge < -0.3 is 4.42 Å². The summed E-state index contributed by atoms with van der Waals surface area (Å²) in [5.74, 6) is -0.695. The first-order valence-corrected chi connectivity index (χ1v) is 6.10. The molecule has 0 fully saturated rings. The first-order chi connectivity index (χ1) is 9.72. The zero-order chi connectivity index (χ0) is 13.9. The topological polar surface area (TPSA) is 48.0 Å². The maximum atomic E-state index is 12.9. The van der Waals surface area contributed by atoms with Crippen LogP contribution in [-0.2, 0) is 6.54 Å². The van der Waals surface area contributed by atoms with E-state index in [2.05, 4.69) is 5.10 Å². The van der Waals surface area contributed by atoms with E-state index >= 15 is 0 Å². The summed E-state index contributed by atoms with van der Waals surface area (Å²) in [7, 11) is 0. The van der Waals surface area contributed by atoms with E-state index in [9.17, 15) is 9.18 Å². The highest BCUT2D eigenvalue weighted by atomic mass is 19.1. The van der Waals surface area contributed by atoms with Gasteiger partial charge in [-0.15, -0.1) is 5.10 Å². The molecule has 1 aromatic heterocycles. The largest absolute Gasteiger partial charge is 0.437 e. The molecule has 0 aliphatic rings. The van der Waals surface area contributed by atoms with Crippen LogP contribution in [0.3, 0.4) is 0 Å². The van der Waals surface area contributed by atoms with Crippen LogP contribution in [0.15, 0.2) is 63.8 Å². The lowest BCUT2D eigenvalue weighted by atomic mass is 10.2. The summed E-state index contributed by atoms with van der Waals surface area (Å²) >= 11 is 0. The predicted molar refractivity (Wildman–Crippen MR) is 71.7 cm³/mol. The Hall–Kier alpha value is -2.69. The highest BCUT2D eigenvalue weighted by Gasteiger charge is 2.10. The first-order valence-electron chi connectivity index (χ1n) is 6.10. The van der Waals surface area contributed by atoms with Crippen molar-refractivity contribution in [3.63, 3.8) is 0 Å². The Labute approximate surface area is 114 Å². The molecule has 0 atom stereocenters. The molecule has 0 aliphatic carbocycles. The number of benzene rings is 2. The number of hydrogen-bond donors (Lipinski definition) is 0. The number of halogens is 1. The second-order valence-corrected chi connectivity index (χ2v) is 4.32. The van der Waals surface area contributed by atoms with Gasteiger partial charge in [-0.2, -0.15) is 4.68 Å². The lowest BCUT2D eigenvalue weighted by Gasteiger charge is -1.98. The fourth-order valence-electron chi connectivity index (χ4n) is 1.87. The SMILES string of the molecule is O=c1oc(-c2ccc(F)cc2)nn1Cc1ccccc1. The standard InChI is InChI=1S/C15H11FN2O2/c16-13-8-6-12(7-9-13)14-17-18(15(19)20-14)10-11-4-2-1-3-5-11/h1-9H,10H2. The third kappa shape index (κ3) is 2.51. The normalized spacial score (nSPS) is 10.7. The molecule has 0 saturated carbocycles. The maximum Gasteiger partial charge on any atom is 0.437 e. The van der Waals surface area contributed by atoms with E-state index in [4.69, 9.17) is 4.42 Å². The molecule has 0 bridgehead atoms. The van der Waals surface area contributed by atoms with Crippen LogP contribution in [0.2, 0.25) is 0 Å². The van der Waals surface area contributed by atoms with Gasteiger partial charge in [-0.25, -0.2) is 9.18 Å². The van der Waals surface area contributed by atoms with Crippen molar-refractivity contribution >= 4 is 0 Å². The van der Waals surface area contributed by atoms with Gasteiger partial charge in [0.15, 0.2) is 0 Å². The highest BCUT2D eigenvalue weighted by Crippen LogP contribution is 2.15. The van der Waals surface area contributed by atoms with Crippen LogP contribution in [0.1, 0.15) is 5.56 Å². The molecule has 0 amide bonds. The molecule has 0 N–H and O–H groups in total. The van der Waals surface area contributed by atoms with Crippen molar-refractivity contribution < 1.29 is 8.81 Å². The Morgan fingerprint density at radius 2 is 1.75 bits per heavy atom. The van der Waals surface area contributed by atoms with Crippen LogP contribution in [0.5, 0.6) is 0 Å². The van der Waals surface area contributed by atoms with E-state index in [1.165, 1.54) is 28.9 Å². The van der Waals surface area contributed by atoms with Crippen LogP contribution in [0.4, 0.5) is 4.39 Å². The smallest absolute Gasteiger partial charge is 0.388 e. The summed E-state index contributed by atoms with van der Waals surface area (Å²) in [5, 5.41) is 4.12. The van der Waals surface area contributed by atoms with Gasteiger partial charge in [0.25, 0.3) is 0 Å². The summed E-state index contributed by atoms with van der Waals surface area (Å²) in [4.78, 5) is 11.7. The van der Waals surface area contributed by atoms with Crippen molar-refractivity contribution in [1.29, 1.82) is 0 Å². The summed E-state index contributed by atoms with van der Waals surface area (Å²) in [6.07, 6.45) is 0. The zero-order valence-corrected chi connectivity index (χ0v) is 10.5. The number of hydrogen-bond acceptors (Lipinski definition) is 3. The third-order valence-corrected chi connectivity index (χ3v) is 2.87. The van der Waals surface area contributed by atoms with Gasteiger partial charge in [-0.1, -0.05) is 30.3 Å². The molecule has 5 heteroatoms. The maximum absolute atomic E-state index is 12.9. The van der Waals surface area contributed by atoms with E-state index < -0.39 is 5.76 Å². The van der Waals surface area contributed by atoms with Gasteiger partial charge in [-0.05, 0) is 29.8 Å². The fraction of sp³-hybridized carbons (Fsp3) is 0.0667. The summed E-state index contributed by atoms with van der Waals surface area (Å²) in [6, 6.07) is 15.1. The van der Waals surface area contributed by atoms with E-state index in [1.807, 2.05) is 30.3 Å². The second-order valence-electron chi connectivity index (χ2n) is 4.32. The highest BCUT2D eigenvalue weighted by molar-refractivity contribution is 5.51. The fourth-order valence-corrected chi connectivity index (χ4v) is 1.87. The van der Waals surface area contributed by atoms with Crippen LogP contribution in [-0.4, -0.2) is 9.78 Å². The Morgan fingerprint density at radius 3 is 2.45 bits per heavy atom. The molecule has 0 saturated heterocycles. The third-order valence-electron chi connectivity index (χ3n) is 2.87. The first kappa shape index (κ1) is 12.3. The predicted octanol–water partition coefficient (Wildman–Crippen LogP) is 2.69. The van der Waals surface area contributed by atoms with E-state index in [1.54, 1.807) is 0 Å². The van der Waals surface area contributed by atoms with Gasteiger partial charge in [0.1, 0.15) is 5.82 Å². The minimum absolute atomic E-state index is 0.186. The molecule has 3 aromatic rings. The molecule has 4 nitrogen and oxygen atoms in total. The minimum Gasteiger partial charge on any atom is -0.388 e. The van der Waals surface area contributed by atoms with Crippen LogP contribution in [0, 0.1) is 5.82 Å². The van der Waals surface area contributed by atoms with Gasteiger partial charge in [-0.3, -0.25) is 0 Å². The Balaban J connectivity index is 1.91. The molecule has 3 rings (SSSR count).